The largest absolute Gasteiger partial charge is 0.137 e. The first-order valence-electron chi connectivity index (χ1n) is 33.1. The molecule has 0 fully saturated rings. The van der Waals surface area contributed by atoms with Crippen LogP contribution in [0.5, 0.6) is 0 Å². The molecule has 102 heavy (non-hydrogen) atoms. The molecule has 0 heterocycles. The average molecular weight is 1370 g/mol. The van der Waals surface area contributed by atoms with Gasteiger partial charge in [-0.05, 0) is 138 Å². The Bertz CT molecular complexity index is 5130. The molecule has 4 aliphatic rings. The van der Waals surface area contributed by atoms with E-state index in [1.807, 2.05) is 97.1 Å². The molecule has 0 unspecified atom stereocenters. The van der Waals surface area contributed by atoms with Crippen LogP contribution in [0.4, 0.5) is 0 Å². The lowest BCUT2D eigenvalue weighted by Crippen LogP contribution is -2.02. The van der Waals surface area contributed by atoms with E-state index in [0.717, 1.165) is 131 Å². The molecule has 0 bridgehead atoms. The predicted octanol–water partition coefficient (Wildman–Crippen LogP) is 20.8. The van der Waals surface area contributed by atoms with Gasteiger partial charge in [-0.25, -0.2) is 0 Å². The Hall–Kier alpha value is -12.8. The van der Waals surface area contributed by atoms with Gasteiger partial charge in [-0.1, -0.05) is 340 Å². The molecule has 0 atom stereocenters. The maximum atomic E-state index is 5.11. The fraction of sp³-hybridized carbons (Fsp3) is 0.0204. The van der Waals surface area contributed by atoms with Gasteiger partial charge in [-0.2, -0.15) is 0 Å². The van der Waals surface area contributed by atoms with E-state index in [2.05, 4.69) is 291 Å². The van der Waals surface area contributed by atoms with Gasteiger partial charge >= 0.3 is 0 Å². The number of hydrogen-bond acceptors (Lipinski definition) is 0. The zero-order valence-corrected chi connectivity index (χ0v) is 57.4. The summed E-state index contributed by atoms with van der Waals surface area (Å²) in [5.41, 5.74) is 23.0. The van der Waals surface area contributed by atoms with E-state index >= 15 is 0 Å². The van der Waals surface area contributed by atoms with Crippen LogP contribution in [0, 0.1) is 97.1 Å². The second-order valence-electron chi connectivity index (χ2n) is 24.2. The Morgan fingerprint density at radius 2 is 0.245 bits per heavy atom. The molecular formula is C98H50Cl4. The molecule has 0 amide bonds. The quantitative estimate of drug-likeness (QED) is 0.144. The van der Waals surface area contributed by atoms with Crippen molar-refractivity contribution >= 4 is 112 Å². The number of halogens is 4. The Morgan fingerprint density at radius 1 is 0.137 bits per heavy atom. The van der Waals surface area contributed by atoms with E-state index in [4.69, 9.17) is 46.4 Å². The van der Waals surface area contributed by atoms with Gasteiger partial charge in [0.1, 0.15) is 9.67 Å². The van der Waals surface area contributed by atoms with Gasteiger partial charge in [0.25, 0.3) is 0 Å². The second-order valence-corrected chi connectivity index (χ2v) is 26.5. The lowest BCUT2D eigenvalue weighted by atomic mass is 10.0. The summed E-state index contributed by atoms with van der Waals surface area (Å²) in [4.78, 5) is -1.35. The van der Waals surface area contributed by atoms with Crippen molar-refractivity contribution in [3.05, 3.63) is 454 Å². The minimum atomic E-state index is -0.673. The minimum Gasteiger partial charge on any atom is -0.102 e. The minimum absolute atomic E-state index is 0.673. The van der Waals surface area contributed by atoms with Crippen LogP contribution >= 0.6 is 46.4 Å². The third-order valence-electron chi connectivity index (χ3n) is 18.2. The Kier molecular flexibility index (Phi) is 17.9. The molecule has 0 spiro atoms. The number of rotatable bonds is 1. The molecule has 470 valence electrons. The predicted molar refractivity (Wildman–Crippen MR) is 418 cm³/mol. The van der Waals surface area contributed by atoms with Crippen molar-refractivity contribution < 1.29 is 0 Å². The maximum Gasteiger partial charge on any atom is 0.137 e. The first-order valence-corrected chi connectivity index (χ1v) is 34.9. The van der Waals surface area contributed by atoms with Crippen LogP contribution in [-0.2, 0) is 0 Å². The second kappa shape index (κ2) is 28.6. The summed E-state index contributed by atoms with van der Waals surface area (Å²) in [5.74, 6) is 0. The van der Waals surface area contributed by atoms with E-state index in [1.54, 1.807) is 0 Å². The molecule has 14 aromatic rings. The van der Waals surface area contributed by atoms with Gasteiger partial charge in [0.05, 0.1) is 20.9 Å². The van der Waals surface area contributed by atoms with Gasteiger partial charge in [-0.3, -0.25) is 0 Å². The third kappa shape index (κ3) is 12.6. The van der Waals surface area contributed by atoms with Gasteiger partial charge in [0.2, 0.25) is 0 Å². The monoisotopic (exact) mass is 1370 g/mol. The number of fused-ring (bicyclic) bond motifs is 16. The highest BCUT2D eigenvalue weighted by atomic mass is 35.5. The van der Waals surface area contributed by atoms with Crippen LogP contribution in [0.1, 0.15) is 44.5 Å². The Labute approximate surface area is 614 Å². The number of benzene rings is 12. The average Bonchev–Trinajstić information content (AvgIpc) is 1.56. The lowest BCUT2D eigenvalue weighted by Gasteiger charge is -1.99. The van der Waals surface area contributed by atoms with Gasteiger partial charge < -0.3 is 0 Å². The smallest absolute Gasteiger partial charge is 0.102 e. The molecule has 0 N–H and O–H groups in total. The molecule has 0 aliphatic heterocycles. The first-order chi connectivity index (χ1) is 50.3. The SMILES string of the molecule is ClC(Cl)C(Cl)Cl.c1c(=C2c3ccccc3-c3ccccc32)c#cc2ccccc2c#cc(=C2c3ccccc3-c3ccccc32)c#cc2ccccc2c#1.c1c(=C2c3ccccc3-c3ccccc32)c#cc2ccccc2c#cc(=C2c3ccccc3-c3ccccc32)c#cc2ccccc2c#1. The summed E-state index contributed by atoms with van der Waals surface area (Å²) in [6.07, 6.45) is 0. The molecule has 0 saturated carbocycles. The van der Waals surface area contributed by atoms with Crippen molar-refractivity contribution in [2.75, 3.05) is 0 Å². The number of hydrogen-bond donors (Lipinski definition) is 0. The van der Waals surface area contributed by atoms with E-state index < -0.39 is 9.67 Å². The summed E-state index contributed by atoms with van der Waals surface area (Å²) in [7, 11) is 0. The molecule has 0 aromatic heterocycles. The Balaban J connectivity index is 0.000000146. The summed E-state index contributed by atoms with van der Waals surface area (Å²) in [5, 5.41) is 9.93. The van der Waals surface area contributed by atoms with Crippen LogP contribution in [0.15, 0.2) is 291 Å². The zero-order chi connectivity index (χ0) is 68.9. The van der Waals surface area contributed by atoms with Crippen molar-refractivity contribution in [3.63, 3.8) is 0 Å². The van der Waals surface area contributed by atoms with Crippen molar-refractivity contribution in [2.45, 2.75) is 9.67 Å². The fourth-order valence-electron chi connectivity index (χ4n) is 13.6. The van der Waals surface area contributed by atoms with Crippen LogP contribution in [0.3, 0.4) is 0 Å². The van der Waals surface area contributed by atoms with Crippen LogP contribution < -0.4 is 20.9 Å². The van der Waals surface area contributed by atoms with Gasteiger partial charge in [0.15, 0.2) is 0 Å². The summed E-state index contributed by atoms with van der Waals surface area (Å²) >= 11 is 20.5. The topological polar surface area (TPSA) is 0 Å². The summed E-state index contributed by atoms with van der Waals surface area (Å²) < 4.78 is 0. The summed E-state index contributed by atoms with van der Waals surface area (Å²) in [6, 6.07) is 156. The normalized spacial score (nSPS) is 11.4. The molecule has 0 nitrogen and oxygen atoms in total. The summed E-state index contributed by atoms with van der Waals surface area (Å²) in [6.45, 7) is 0. The molecule has 18 rings (SSSR count). The molecule has 0 saturated heterocycles. The van der Waals surface area contributed by atoms with Crippen LogP contribution in [0.2, 0.25) is 0 Å². The van der Waals surface area contributed by atoms with E-state index in [-0.39, 0.29) is 0 Å². The third-order valence-corrected chi connectivity index (χ3v) is 19.7. The maximum absolute atomic E-state index is 5.11. The molecule has 4 heteroatoms. The molecular weight excluding hydrogens is 1320 g/mol. The van der Waals surface area contributed by atoms with Crippen LogP contribution in [0.25, 0.3) is 110 Å². The highest BCUT2D eigenvalue weighted by Gasteiger charge is 2.27. The standard InChI is InChI=1S/2C48H24.C2H2Cl4/c2*1-2-14-34-26-30-38(48-45-23-11-7-19-41(45)42-20-8-12-24-46(42)48)32-28-36-16-4-3-15-35(36)27-31-37(29-25-33(34)13-1)47-43-21-9-5-17-39(43)40-18-6-10-22-44(40)47;3-1(4)2(5)6/h2*1-24H;1-2H. The molecule has 0 radical (unpaired) electrons. The van der Waals surface area contributed by atoms with Crippen molar-refractivity contribution in [3.8, 4) is 44.5 Å². The van der Waals surface area contributed by atoms with Gasteiger partial charge in [-0.15, -0.1) is 46.4 Å². The van der Waals surface area contributed by atoms with Crippen molar-refractivity contribution in [2.24, 2.45) is 0 Å². The highest BCUT2D eigenvalue weighted by molar-refractivity contribution is 6.56. The molecule has 4 aliphatic carbocycles. The van der Waals surface area contributed by atoms with E-state index in [9.17, 15) is 0 Å². The van der Waals surface area contributed by atoms with Crippen LogP contribution in [-0.4, -0.2) is 9.67 Å². The van der Waals surface area contributed by atoms with Crippen molar-refractivity contribution in [1.82, 2.24) is 0 Å². The number of alkyl halides is 4. The molecule has 14 aromatic carbocycles. The Morgan fingerprint density at radius 3 is 0.363 bits per heavy atom. The van der Waals surface area contributed by atoms with E-state index in [1.165, 1.54) is 44.5 Å². The fourth-order valence-corrected chi connectivity index (χ4v) is 13.6. The van der Waals surface area contributed by atoms with Crippen molar-refractivity contribution in [1.29, 1.82) is 0 Å². The zero-order valence-electron chi connectivity index (χ0n) is 54.4. The first kappa shape index (κ1) is 63.9. The van der Waals surface area contributed by atoms with E-state index in [0.29, 0.717) is 0 Å². The lowest BCUT2D eigenvalue weighted by molar-refractivity contribution is 1.29. The van der Waals surface area contributed by atoms with Gasteiger partial charge in [0, 0.05) is 65.4 Å². The highest BCUT2D eigenvalue weighted by Crippen LogP contribution is 2.46.